The summed E-state index contributed by atoms with van der Waals surface area (Å²) in [6.45, 7) is 4.53. The summed E-state index contributed by atoms with van der Waals surface area (Å²) in [6, 6.07) is 8.37. The van der Waals surface area contributed by atoms with Crippen LogP contribution in [0.15, 0.2) is 24.3 Å². The number of halogens is 1. The molecule has 3 nitrogen and oxygen atoms in total. The highest BCUT2D eigenvalue weighted by molar-refractivity contribution is 5.85. The Labute approximate surface area is 115 Å². The first kappa shape index (κ1) is 15.0. The molecule has 1 aromatic carbocycles. The van der Waals surface area contributed by atoms with E-state index in [1.54, 1.807) is 0 Å². The van der Waals surface area contributed by atoms with Crippen molar-refractivity contribution in [3.63, 3.8) is 0 Å². The molecule has 1 fully saturated rings. The monoisotopic (exact) mass is 268 g/mol. The lowest BCUT2D eigenvalue weighted by atomic mass is 10.0. The van der Waals surface area contributed by atoms with Crippen LogP contribution >= 0.6 is 12.4 Å². The van der Waals surface area contributed by atoms with Crippen LogP contribution in [0.3, 0.4) is 0 Å². The maximum atomic E-state index is 11.9. The molecule has 0 bridgehead atoms. The fourth-order valence-electron chi connectivity index (χ4n) is 2.24. The molecule has 0 aliphatic heterocycles. The molecule has 4 heteroatoms. The van der Waals surface area contributed by atoms with Gasteiger partial charge in [-0.05, 0) is 37.3 Å². The summed E-state index contributed by atoms with van der Waals surface area (Å²) in [7, 11) is 0. The molecule has 0 heterocycles. The van der Waals surface area contributed by atoms with Crippen LogP contribution < -0.4 is 11.1 Å². The van der Waals surface area contributed by atoms with Crippen molar-refractivity contribution in [3.8, 4) is 0 Å². The van der Waals surface area contributed by atoms with Crippen LogP contribution in [-0.2, 0) is 4.79 Å². The fourth-order valence-corrected chi connectivity index (χ4v) is 2.24. The summed E-state index contributed by atoms with van der Waals surface area (Å²) < 4.78 is 0. The van der Waals surface area contributed by atoms with Gasteiger partial charge in [0.25, 0.3) is 0 Å². The van der Waals surface area contributed by atoms with Crippen LogP contribution in [0.5, 0.6) is 0 Å². The van der Waals surface area contributed by atoms with Gasteiger partial charge in [0, 0.05) is 18.5 Å². The molecule has 1 aromatic rings. The Morgan fingerprint density at radius 2 is 2.17 bits per heavy atom. The minimum absolute atomic E-state index is 0. The summed E-state index contributed by atoms with van der Waals surface area (Å²) in [6.07, 6.45) is 0.966. The highest BCUT2D eigenvalue weighted by Crippen LogP contribution is 2.48. The zero-order chi connectivity index (χ0) is 12.4. The lowest BCUT2D eigenvalue weighted by Crippen LogP contribution is -2.38. The van der Waals surface area contributed by atoms with Crippen LogP contribution in [0.25, 0.3) is 0 Å². The molecule has 0 saturated heterocycles. The Kier molecular flexibility index (Phi) is 5.17. The third-order valence-corrected chi connectivity index (χ3v) is 3.46. The second-order valence-corrected chi connectivity index (χ2v) is 4.95. The number of aryl methyl sites for hydroxylation is 1. The molecule has 2 unspecified atom stereocenters. The maximum absolute atomic E-state index is 11.9. The van der Waals surface area contributed by atoms with Crippen LogP contribution in [0.4, 0.5) is 0 Å². The van der Waals surface area contributed by atoms with E-state index in [1.165, 1.54) is 11.1 Å². The third-order valence-electron chi connectivity index (χ3n) is 3.46. The number of hydrogen-bond acceptors (Lipinski definition) is 2. The van der Waals surface area contributed by atoms with E-state index in [0.717, 1.165) is 6.42 Å². The summed E-state index contributed by atoms with van der Waals surface area (Å²) in [5.41, 5.74) is 8.09. The summed E-state index contributed by atoms with van der Waals surface area (Å²) >= 11 is 0. The molecule has 1 aliphatic rings. The third kappa shape index (κ3) is 3.24. The van der Waals surface area contributed by atoms with Gasteiger partial charge in [0.1, 0.15) is 0 Å². The predicted octanol–water partition coefficient (Wildman–Crippen LogP) is 1.98. The van der Waals surface area contributed by atoms with Crippen molar-refractivity contribution in [2.45, 2.75) is 32.2 Å². The number of nitrogens with one attached hydrogen (secondary N) is 1. The number of carbonyl (C=O) groups excluding carboxylic acids is 1. The normalized spacial score (nSPS) is 22.8. The molecule has 18 heavy (non-hydrogen) atoms. The first-order valence-corrected chi connectivity index (χ1v) is 6.19. The number of hydrogen-bond donors (Lipinski definition) is 2. The highest BCUT2D eigenvalue weighted by atomic mass is 35.5. The molecule has 100 valence electrons. The fraction of sp³-hybridized carbons (Fsp3) is 0.500. The molecule has 0 spiro atoms. The smallest absolute Gasteiger partial charge is 0.224 e. The number of nitrogens with two attached hydrogens (primary N) is 1. The van der Waals surface area contributed by atoms with E-state index in [9.17, 15) is 4.79 Å². The second-order valence-electron chi connectivity index (χ2n) is 4.95. The average Bonchev–Trinajstić information content (AvgIpc) is 3.09. The standard InChI is InChI=1S/C14H20N2O.ClH/c1-9-5-3-4-6-11(9)12-7-13(12)14(17)16-10(2)8-15;/h3-6,10,12-13H,7-8,15H2,1-2H3,(H,16,17);1H/t10-,12?,13?;/m0./s1. The van der Waals surface area contributed by atoms with E-state index in [0.29, 0.717) is 12.5 Å². The van der Waals surface area contributed by atoms with Gasteiger partial charge in [0.2, 0.25) is 5.91 Å². The van der Waals surface area contributed by atoms with Crippen LogP contribution in [0, 0.1) is 12.8 Å². The van der Waals surface area contributed by atoms with Gasteiger partial charge in [0.15, 0.2) is 0 Å². The molecule has 1 aliphatic carbocycles. The van der Waals surface area contributed by atoms with Crippen molar-refractivity contribution in [3.05, 3.63) is 35.4 Å². The highest BCUT2D eigenvalue weighted by Gasteiger charge is 2.44. The van der Waals surface area contributed by atoms with Crippen LogP contribution in [0.1, 0.15) is 30.4 Å². The van der Waals surface area contributed by atoms with Crippen molar-refractivity contribution in [2.24, 2.45) is 11.7 Å². The summed E-state index contributed by atoms with van der Waals surface area (Å²) in [5, 5.41) is 2.95. The Hall–Kier alpha value is -1.06. The quantitative estimate of drug-likeness (QED) is 0.877. The van der Waals surface area contributed by atoms with E-state index in [4.69, 9.17) is 5.73 Å². The average molecular weight is 269 g/mol. The predicted molar refractivity (Wildman–Crippen MR) is 75.9 cm³/mol. The lowest BCUT2D eigenvalue weighted by molar-refractivity contribution is -0.122. The molecule has 2 rings (SSSR count). The first-order chi connectivity index (χ1) is 8.13. The van der Waals surface area contributed by atoms with E-state index in [2.05, 4.69) is 24.4 Å². The first-order valence-electron chi connectivity index (χ1n) is 6.19. The van der Waals surface area contributed by atoms with E-state index in [-0.39, 0.29) is 30.3 Å². The van der Waals surface area contributed by atoms with Gasteiger partial charge in [-0.2, -0.15) is 0 Å². The van der Waals surface area contributed by atoms with Crippen molar-refractivity contribution >= 4 is 18.3 Å². The van der Waals surface area contributed by atoms with E-state index >= 15 is 0 Å². The summed E-state index contributed by atoms with van der Waals surface area (Å²) in [5.74, 6) is 0.697. The van der Waals surface area contributed by atoms with Crippen LogP contribution in [-0.4, -0.2) is 18.5 Å². The van der Waals surface area contributed by atoms with Gasteiger partial charge in [-0.15, -0.1) is 12.4 Å². The molecule has 3 N–H and O–H groups in total. The van der Waals surface area contributed by atoms with Gasteiger partial charge in [-0.25, -0.2) is 0 Å². The Morgan fingerprint density at radius 1 is 1.50 bits per heavy atom. The molecule has 0 aromatic heterocycles. The molecule has 1 saturated carbocycles. The number of benzene rings is 1. The maximum Gasteiger partial charge on any atom is 0.224 e. The lowest BCUT2D eigenvalue weighted by Gasteiger charge is -2.11. The van der Waals surface area contributed by atoms with Crippen molar-refractivity contribution in [1.29, 1.82) is 0 Å². The van der Waals surface area contributed by atoms with Gasteiger partial charge < -0.3 is 11.1 Å². The molecule has 1 amide bonds. The SMILES string of the molecule is Cc1ccccc1C1CC1C(=O)N[C@@H](C)CN.Cl. The molecule has 0 radical (unpaired) electrons. The van der Waals surface area contributed by atoms with Gasteiger partial charge >= 0.3 is 0 Å². The van der Waals surface area contributed by atoms with E-state index in [1.807, 2.05) is 19.1 Å². The minimum Gasteiger partial charge on any atom is -0.352 e. The van der Waals surface area contributed by atoms with Gasteiger partial charge in [-0.3, -0.25) is 4.79 Å². The molecular weight excluding hydrogens is 248 g/mol. The van der Waals surface area contributed by atoms with E-state index < -0.39 is 0 Å². The Bertz CT molecular complexity index is 422. The number of carbonyl (C=O) groups is 1. The Balaban J connectivity index is 0.00000162. The van der Waals surface area contributed by atoms with Crippen molar-refractivity contribution in [2.75, 3.05) is 6.54 Å². The van der Waals surface area contributed by atoms with Crippen molar-refractivity contribution < 1.29 is 4.79 Å². The van der Waals surface area contributed by atoms with Gasteiger partial charge in [0.05, 0.1) is 0 Å². The summed E-state index contributed by atoms with van der Waals surface area (Å²) in [4.78, 5) is 11.9. The largest absolute Gasteiger partial charge is 0.352 e. The zero-order valence-corrected chi connectivity index (χ0v) is 11.7. The topological polar surface area (TPSA) is 55.1 Å². The second kappa shape index (κ2) is 6.21. The number of rotatable bonds is 4. The number of amides is 1. The Morgan fingerprint density at radius 3 is 2.78 bits per heavy atom. The zero-order valence-electron chi connectivity index (χ0n) is 10.8. The molecular formula is C14H21ClN2O. The van der Waals surface area contributed by atoms with Crippen molar-refractivity contribution in [1.82, 2.24) is 5.32 Å². The minimum atomic E-state index is 0. The van der Waals surface area contributed by atoms with Gasteiger partial charge in [-0.1, -0.05) is 24.3 Å². The van der Waals surface area contributed by atoms with Crippen LogP contribution in [0.2, 0.25) is 0 Å². The molecule has 3 atom stereocenters.